The van der Waals surface area contributed by atoms with Crippen LogP contribution in [0.15, 0.2) is 23.1 Å². The summed E-state index contributed by atoms with van der Waals surface area (Å²) >= 11 is 0. The highest BCUT2D eigenvalue weighted by Crippen LogP contribution is 2.27. The number of carbonyl (C=O) groups excluding carboxylic acids is 1. The van der Waals surface area contributed by atoms with Gasteiger partial charge < -0.3 is 14.0 Å². The summed E-state index contributed by atoms with van der Waals surface area (Å²) in [6, 6.07) is 3.77. The molecule has 5 heteroatoms. The number of aryl methyl sites for hydroxylation is 2. The van der Waals surface area contributed by atoms with E-state index in [0.717, 1.165) is 11.1 Å². The largest absolute Gasteiger partial charge is 0.496 e. The molecule has 1 aromatic heterocycles. The Balaban J connectivity index is 2.89. The van der Waals surface area contributed by atoms with E-state index in [9.17, 15) is 9.59 Å². The van der Waals surface area contributed by atoms with Crippen LogP contribution in [0.25, 0.3) is 10.9 Å². The van der Waals surface area contributed by atoms with E-state index < -0.39 is 5.97 Å². The van der Waals surface area contributed by atoms with Crippen molar-refractivity contribution in [3.05, 3.63) is 39.7 Å². The molecule has 0 aliphatic rings. The molecule has 0 fully saturated rings. The minimum absolute atomic E-state index is 0.0371. The van der Waals surface area contributed by atoms with Crippen molar-refractivity contribution in [1.29, 1.82) is 0 Å². The zero-order chi connectivity index (χ0) is 15.6. The van der Waals surface area contributed by atoms with E-state index in [4.69, 9.17) is 9.47 Å². The summed E-state index contributed by atoms with van der Waals surface area (Å²) in [5.41, 5.74) is 1.28. The lowest BCUT2D eigenvalue weighted by molar-refractivity contribution is 0.0524. The highest BCUT2D eigenvalue weighted by Gasteiger charge is 2.19. The van der Waals surface area contributed by atoms with E-state index in [-0.39, 0.29) is 17.6 Å². The molecule has 0 saturated carbocycles. The van der Waals surface area contributed by atoms with E-state index in [1.165, 1.54) is 7.11 Å². The van der Waals surface area contributed by atoms with E-state index in [1.54, 1.807) is 13.1 Å². The Labute approximate surface area is 123 Å². The van der Waals surface area contributed by atoms with Crippen molar-refractivity contribution in [2.45, 2.75) is 27.3 Å². The molecule has 2 rings (SSSR count). The van der Waals surface area contributed by atoms with Gasteiger partial charge in [-0.2, -0.15) is 0 Å². The van der Waals surface area contributed by atoms with Crippen molar-refractivity contribution >= 4 is 16.9 Å². The molecule has 21 heavy (non-hydrogen) atoms. The van der Waals surface area contributed by atoms with Crippen molar-refractivity contribution < 1.29 is 14.3 Å². The number of aromatic nitrogens is 1. The van der Waals surface area contributed by atoms with Crippen molar-refractivity contribution in [3.63, 3.8) is 0 Å². The number of benzene rings is 1. The van der Waals surface area contributed by atoms with E-state index in [2.05, 4.69) is 0 Å². The van der Waals surface area contributed by atoms with Crippen LogP contribution in [0.4, 0.5) is 0 Å². The Morgan fingerprint density at radius 2 is 2.00 bits per heavy atom. The maximum absolute atomic E-state index is 12.7. The van der Waals surface area contributed by atoms with Gasteiger partial charge in [-0.1, -0.05) is 6.07 Å². The number of esters is 1. The van der Waals surface area contributed by atoms with Gasteiger partial charge in [0.15, 0.2) is 0 Å². The highest BCUT2D eigenvalue weighted by molar-refractivity contribution is 5.96. The average molecular weight is 289 g/mol. The fraction of sp³-hybridized carbons (Fsp3) is 0.375. The summed E-state index contributed by atoms with van der Waals surface area (Å²) in [4.78, 5) is 24.6. The molecule has 0 N–H and O–H groups in total. The first-order valence-electron chi connectivity index (χ1n) is 6.93. The van der Waals surface area contributed by atoms with Gasteiger partial charge in [0.25, 0.3) is 0 Å². The Bertz CT molecular complexity index is 746. The van der Waals surface area contributed by atoms with Crippen LogP contribution in [0.2, 0.25) is 0 Å². The van der Waals surface area contributed by atoms with Crippen LogP contribution >= 0.6 is 0 Å². The van der Waals surface area contributed by atoms with Crippen LogP contribution in [-0.2, 0) is 11.3 Å². The summed E-state index contributed by atoms with van der Waals surface area (Å²) in [5.74, 6) is -0.0963. The zero-order valence-corrected chi connectivity index (χ0v) is 12.7. The zero-order valence-electron chi connectivity index (χ0n) is 12.7. The molecule has 0 aliphatic heterocycles. The predicted molar refractivity (Wildman–Crippen MR) is 81.1 cm³/mol. The third-order valence-corrected chi connectivity index (χ3v) is 3.44. The first-order valence-corrected chi connectivity index (χ1v) is 6.93. The third kappa shape index (κ3) is 2.51. The number of hydrogen-bond donors (Lipinski definition) is 0. The molecule has 0 atom stereocenters. The van der Waals surface area contributed by atoms with Gasteiger partial charge in [-0.25, -0.2) is 4.79 Å². The number of ether oxygens (including phenoxy) is 2. The maximum Gasteiger partial charge on any atom is 0.343 e. The van der Waals surface area contributed by atoms with Crippen LogP contribution in [0, 0.1) is 6.92 Å². The summed E-state index contributed by atoms with van der Waals surface area (Å²) in [7, 11) is 1.52. The Hall–Kier alpha value is -2.30. The van der Waals surface area contributed by atoms with Crippen molar-refractivity contribution in [2.24, 2.45) is 0 Å². The Morgan fingerprint density at radius 3 is 2.57 bits per heavy atom. The molecule has 5 nitrogen and oxygen atoms in total. The van der Waals surface area contributed by atoms with Gasteiger partial charge in [0, 0.05) is 12.7 Å². The molecule has 0 saturated heterocycles. The van der Waals surface area contributed by atoms with E-state index in [0.29, 0.717) is 17.7 Å². The van der Waals surface area contributed by atoms with Gasteiger partial charge in [-0.05, 0) is 32.4 Å². The molecule has 1 aromatic carbocycles. The van der Waals surface area contributed by atoms with Crippen LogP contribution in [0.3, 0.4) is 0 Å². The number of rotatable bonds is 4. The van der Waals surface area contributed by atoms with Gasteiger partial charge in [0.1, 0.15) is 11.3 Å². The molecule has 1 heterocycles. The smallest absolute Gasteiger partial charge is 0.343 e. The normalized spacial score (nSPS) is 10.7. The highest BCUT2D eigenvalue weighted by atomic mass is 16.5. The first-order chi connectivity index (χ1) is 10.0. The van der Waals surface area contributed by atoms with Crippen LogP contribution < -0.4 is 10.2 Å². The lowest BCUT2D eigenvalue weighted by Gasteiger charge is -2.14. The Kier molecular flexibility index (Phi) is 4.31. The second kappa shape index (κ2) is 5.99. The molecule has 0 spiro atoms. The third-order valence-electron chi connectivity index (χ3n) is 3.44. The molecule has 0 bridgehead atoms. The second-order valence-electron chi connectivity index (χ2n) is 4.69. The molecule has 2 aromatic rings. The molecular formula is C16H19NO4. The summed E-state index contributed by atoms with van der Waals surface area (Å²) < 4.78 is 12.2. The molecule has 0 amide bonds. The van der Waals surface area contributed by atoms with E-state index in [1.807, 2.05) is 30.5 Å². The van der Waals surface area contributed by atoms with Crippen LogP contribution in [0.5, 0.6) is 5.75 Å². The number of hydrogen-bond acceptors (Lipinski definition) is 4. The molecule has 0 radical (unpaired) electrons. The summed E-state index contributed by atoms with van der Waals surface area (Å²) in [6.45, 7) is 6.39. The molecule has 112 valence electrons. The second-order valence-corrected chi connectivity index (χ2v) is 4.69. The fourth-order valence-corrected chi connectivity index (χ4v) is 2.43. The lowest BCUT2D eigenvalue weighted by atomic mass is 10.1. The average Bonchev–Trinajstić information content (AvgIpc) is 2.48. The van der Waals surface area contributed by atoms with Crippen molar-refractivity contribution in [2.75, 3.05) is 13.7 Å². The number of carbonyl (C=O) groups is 1. The number of pyridine rings is 1. The summed E-state index contributed by atoms with van der Waals surface area (Å²) in [5, 5.41) is 0.421. The van der Waals surface area contributed by atoms with Gasteiger partial charge in [-0.3, -0.25) is 4.79 Å². The minimum Gasteiger partial charge on any atom is -0.496 e. The van der Waals surface area contributed by atoms with Gasteiger partial charge in [0.05, 0.1) is 24.6 Å². The molecule has 0 aliphatic carbocycles. The van der Waals surface area contributed by atoms with Crippen molar-refractivity contribution in [3.8, 4) is 5.75 Å². The van der Waals surface area contributed by atoms with Crippen LogP contribution in [-0.4, -0.2) is 24.3 Å². The minimum atomic E-state index is -0.602. The number of methoxy groups -OCH3 is 1. The monoisotopic (exact) mass is 289 g/mol. The van der Waals surface area contributed by atoms with Gasteiger partial charge >= 0.3 is 5.97 Å². The SMILES string of the molecule is CCOC(=O)c1cn(CC)c2ccc(C)c(OC)c2c1=O. The topological polar surface area (TPSA) is 57.5 Å². The summed E-state index contributed by atoms with van der Waals surface area (Å²) in [6.07, 6.45) is 1.55. The first kappa shape index (κ1) is 15.1. The van der Waals surface area contributed by atoms with Gasteiger partial charge in [0.2, 0.25) is 5.43 Å². The quantitative estimate of drug-likeness (QED) is 0.812. The fourth-order valence-electron chi connectivity index (χ4n) is 2.43. The van der Waals surface area contributed by atoms with Crippen molar-refractivity contribution in [1.82, 2.24) is 4.57 Å². The number of fused-ring (bicyclic) bond motifs is 1. The lowest BCUT2D eigenvalue weighted by Crippen LogP contribution is -2.21. The maximum atomic E-state index is 12.7. The predicted octanol–water partition coefficient (Wildman–Crippen LogP) is 2.52. The molecule has 0 unspecified atom stereocenters. The van der Waals surface area contributed by atoms with Crippen LogP contribution in [0.1, 0.15) is 29.8 Å². The standard InChI is InChI=1S/C16H19NO4/c1-5-17-9-11(16(19)21-6-2)14(18)13-12(17)8-7-10(3)15(13)20-4/h7-9H,5-6H2,1-4H3. The Morgan fingerprint density at radius 1 is 1.29 bits per heavy atom. The van der Waals surface area contributed by atoms with Gasteiger partial charge in [-0.15, -0.1) is 0 Å². The van der Waals surface area contributed by atoms with E-state index >= 15 is 0 Å². The number of nitrogens with zero attached hydrogens (tertiary/aromatic N) is 1. The molecular weight excluding hydrogens is 270 g/mol.